The van der Waals surface area contributed by atoms with Crippen molar-refractivity contribution in [2.45, 2.75) is 53.6 Å². The number of rotatable bonds is 11. The minimum Gasteiger partial charge on any atom is -0.483 e. The van der Waals surface area contributed by atoms with Crippen molar-refractivity contribution in [1.82, 2.24) is 10.2 Å². The van der Waals surface area contributed by atoms with Crippen LogP contribution in [0, 0.1) is 26.7 Å². The maximum Gasteiger partial charge on any atom is 0.261 e. The number of hydrogen-bond donors (Lipinski definition) is 1. The average Bonchev–Trinajstić information content (AvgIpc) is 2.86. The molecule has 0 aliphatic heterocycles. The first-order valence-corrected chi connectivity index (χ1v) is 12.6. The largest absolute Gasteiger partial charge is 0.483 e. The third-order valence-corrected chi connectivity index (χ3v) is 6.12. The summed E-state index contributed by atoms with van der Waals surface area (Å²) in [6.07, 6.45) is 0.422. The van der Waals surface area contributed by atoms with E-state index in [0.717, 1.165) is 27.8 Å². The predicted octanol–water partition coefficient (Wildman–Crippen LogP) is 5.40. The Labute approximate surface area is 215 Å². The first-order chi connectivity index (χ1) is 17.2. The molecule has 0 aromatic heterocycles. The molecule has 0 aliphatic carbocycles. The summed E-state index contributed by atoms with van der Waals surface area (Å²) in [6, 6.07) is 23.2. The van der Waals surface area contributed by atoms with Crippen LogP contribution in [0.2, 0.25) is 0 Å². The van der Waals surface area contributed by atoms with Gasteiger partial charge in [-0.1, -0.05) is 86.1 Å². The van der Waals surface area contributed by atoms with Crippen molar-refractivity contribution < 1.29 is 14.3 Å². The van der Waals surface area contributed by atoms with Gasteiger partial charge in [0.15, 0.2) is 6.61 Å². The van der Waals surface area contributed by atoms with E-state index in [1.54, 1.807) is 4.90 Å². The Bertz CT molecular complexity index is 1140. The van der Waals surface area contributed by atoms with Crippen LogP contribution in [0.25, 0.3) is 0 Å². The van der Waals surface area contributed by atoms with E-state index in [4.69, 9.17) is 4.74 Å². The van der Waals surface area contributed by atoms with Gasteiger partial charge in [-0.3, -0.25) is 9.59 Å². The molecule has 1 atom stereocenters. The van der Waals surface area contributed by atoms with E-state index in [1.165, 1.54) is 0 Å². The summed E-state index contributed by atoms with van der Waals surface area (Å²) in [5.74, 6) is 0.611. The van der Waals surface area contributed by atoms with Crippen LogP contribution in [-0.2, 0) is 22.6 Å². The molecular formula is C31H38N2O3. The summed E-state index contributed by atoms with van der Waals surface area (Å²) in [7, 11) is 0. The van der Waals surface area contributed by atoms with Crippen molar-refractivity contribution >= 4 is 11.8 Å². The van der Waals surface area contributed by atoms with Crippen LogP contribution in [0.15, 0.2) is 72.8 Å². The molecule has 0 saturated carbocycles. The number of carbonyl (C=O) groups excluding carboxylic acids is 2. The fraction of sp³-hybridized carbons (Fsp3) is 0.355. The number of amides is 2. The maximum atomic E-state index is 13.7. The van der Waals surface area contributed by atoms with Gasteiger partial charge in [0, 0.05) is 19.5 Å². The topological polar surface area (TPSA) is 58.6 Å². The minimum absolute atomic E-state index is 0.140. The Hall–Kier alpha value is -3.60. The minimum atomic E-state index is -0.665. The van der Waals surface area contributed by atoms with Crippen LogP contribution in [0.1, 0.15) is 41.7 Å². The van der Waals surface area contributed by atoms with Crippen LogP contribution in [-0.4, -0.2) is 35.9 Å². The molecule has 0 saturated heterocycles. The lowest BCUT2D eigenvalue weighted by molar-refractivity contribution is -0.142. The molecule has 3 aromatic rings. The zero-order valence-corrected chi connectivity index (χ0v) is 22.1. The number of nitrogens with one attached hydrogen (secondary N) is 1. The Morgan fingerprint density at radius 2 is 1.53 bits per heavy atom. The lowest BCUT2D eigenvalue weighted by Crippen LogP contribution is -2.52. The molecule has 0 spiro atoms. The second-order valence-corrected chi connectivity index (χ2v) is 9.91. The van der Waals surface area contributed by atoms with Crippen molar-refractivity contribution in [3.05, 3.63) is 101 Å². The van der Waals surface area contributed by atoms with E-state index >= 15 is 0 Å². The van der Waals surface area contributed by atoms with Crippen molar-refractivity contribution in [2.24, 2.45) is 5.92 Å². The van der Waals surface area contributed by atoms with Gasteiger partial charge in [0.25, 0.3) is 5.91 Å². The first kappa shape index (κ1) is 27.0. The van der Waals surface area contributed by atoms with Gasteiger partial charge in [-0.25, -0.2) is 0 Å². The van der Waals surface area contributed by atoms with Crippen LogP contribution < -0.4 is 10.1 Å². The van der Waals surface area contributed by atoms with E-state index in [-0.39, 0.29) is 18.4 Å². The van der Waals surface area contributed by atoms with Gasteiger partial charge < -0.3 is 15.0 Å². The molecule has 5 heteroatoms. The number of ether oxygens (including phenoxy) is 1. The number of carbonyl (C=O) groups is 2. The van der Waals surface area contributed by atoms with Crippen LogP contribution in [0.3, 0.4) is 0 Å². The van der Waals surface area contributed by atoms with Crippen LogP contribution in [0.4, 0.5) is 0 Å². The predicted molar refractivity (Wildman–Crippen MR) is 145 cm³/mol. The molecule has 0 unspecified atom stereocenters. The molecule has 0 bridgehead atoms. The third kappa shape index (κ3) is 7.98. The molecule has 1 N–H and O–H groups in total. The molecule has 0 fully saturated rings. The highest BCUT2D eigenvalue weighted by molar-refractivity contribution is 5.88. The van der Waals surface area contributed by atoms with Gasteiger partial charge in [0.05, 0.1) is 0 Å². The van der Waals surface area contributed by atoms with Gasteiger partial charge in [0.1, 0.15) is 11.8 Å². The van der Waals surface area contributed by atoms with Crippen LogP contribution in [0.5, 0.6) is 5.75 Å². The summed E-state index contributed by atoms with van der Waals surface area (Å²) in [5.41, 5.74) is 5.14. The molecule has 0 aliphatic rings. The van der Waals surface area contributed by atoms with Gasteiger partial charge in [0.2, 0.25) is 5.91 Å². The van der Waals surface area contributed by atoms with E-state index in [1.807, 2.05) is 93.6 Å². The molecule has 36 heavy (non-hydrogen) atoms. The highest BCUT2D eigenvalue weighted by atomic mass is 16.5. The van der Waals surface area contributed by atoms with Crippen molar-refractivity contribution in [3.8, 4) is 5.75 Å². The molecule has 5 nitrogen and oxygen atoms in total. The lowest BCUT2D eigenvalue weighted by atomic mass is 10.0. The summed E-state index contributed by atoms with van der Waals surface area (Å²) in [5, 5.41) is 3.05. The van der Waals surface area contributed by atoms with Gasteiger partial charge >= 0.3 is 0 Å². The molecule has 3 aromatic carbocycles. The standard InChI is InChI=1S/C31H38N2O3/c1-22(2)19-32-31(35)28(18-26-9-7-6-8-10-26)33(20-27-15-12-23(3)13-16-27)30(34)21-36-29-17-24(4)11-14-25(29)5/h6-17,22,28H,18-21H2,1-5H3,(H,32,35)/t28-/m0/s1. The molecule has 3 rings (SSSR count). The molecule has 190 valence electrons. The molecular weight excluding hydrogens is 448 g/mol. The molecule has 0 radical (unpaired) electrons. The maximum absolute atomic E-state index is 13.7. The summed E-state index contributed by atoms with van der Waals surface area (Å²) in [6.45, 7) is 10.8. The summed E-state index contributed by atoms with van der Waals surface area (Å²) >= 11 is 0. The van der Waals surface area contributed by atoms with E-state index < -0.39 is 6.04 Å². The Morgan fingerprint density at radius 1 is 0.861 bits per heavy atom. The fourth-order valence-electron chi connectivity index (χ4n) is 3.95. The third-order valence-electron chi connectivity index (χ3n) is 6.12. The highest BCUT2D eigenvalue weighted by Crippen LogP contribution is 2.20. The first-order valence-electron chi connectivity index (χ1n) is 12.6. The van der Waals surface area contributed by atoms with Crippen LogP contribution >= 0.6 is 0 Å². The smallest absolute Gasteiger partial charge is 0.261 e. The normalized spacial score (nSPS) is 11.7. The van der Waals surface area contributed by atoms with Gasteiger partial charge in [-0.15, -0.1) is 0 Å². The second-order valence-electron chi connectivity index (χ2n) is 9.91. The molecule has 2 amide bonds. The van der Waals surface area contributed by atoms with Gasteiger partial charge in [-0.2, -0.15) is 0 Å². The number of benzene rings is 3. The molecule has 0 heterocycles. The summed E-state index contributed by atoms with van der Waals surface area (Å²) < 4.78 is 5.97. The zero-order valence-electron chi connectivity index (χ0n) is 22.1. The van der Waals surface area contributed by atoms with E-state index in [0.29, 0.717) is 31.2 Å². The van der Waals surface area contributed by atoms with Crippen molar-refractivity contribution in [3.63, 3.8) is 0 Å². The monoisotopic (exact) mass is 486 g/mol. The number of nitrogens with zero attached hydrogens (tertiary/aromatic N) is 1. The Balaban J connectivity index is 1.91. The highest BCUT2D eigenvalue weighted by Gasteiger charge is 2.30. The SMILES string of the molecule is Cc1ccc(CN(C(=O)COc2cc(C)ccc2C)[C@@H](Cc2ccccc2)C(=O)NCC(C)C)cc1. The van der Waals surface area contributed by atoms with E-state index in [9.17, 15) is 9.59 Å². The Kier molecular flexibility index (Phi) is 9.69. The fourth-order valence-corrected chi connectivity index (χ4v) is 3.95. The number of hydrogen-bond acceptors (Lipinski definition) is 3. The lowest BCUT2D eigenvalue weighted by Gasteiger charge is -2.32. The second kappa shape index (κ2) is 12.9. The summed E-state index contributed by atoms with van der Waals surface area (Å²) in [4.78, 5) is 28.8. The van der Waals surface area contributed by atoms with Crippen molar-refractivity contribution in [1.29, 1.82) is 0 Å². The van der Waals surface area contributed by atoms with Crippen molar-refractivity contribution in [2.75, 3.05) is 13.2 Å². The zero-order chi connectivity index (χ0) is 26.1. The van der Waals surface area contributed by atoms with Gasteiger partial charge in [-0.05, 0) is 55.0 Å². The van der Waals surface area contributed by atoms with E-state index in [2.05, 4.69) is 19.2 Å². The number of aryl methyl sites for hydroxylation is 3. The Morgan fingerprint density at radius 3 is 2.19 bits per heavy atom. The average molecular weight is 487 g/mol. The quantitative estimate of drug-likeness (QED) is 0.395.